The van der Waals surface area contributed by atoms with Crippen molar-refractivity contribution < 1.29 is 0 Å². The third-order valence-electron chi connectivity index (χ3n) is 2.89. The van der Waals surface area contributed by atoms with Crippen LogP contribution in [0.4, 0.5) is 5.69 Å². The molecule has 18 heavy (non-hydrogen) atoms. The van der Waals surface area contributed by atoms with Gasteiger partial charge in [-0.15, -0.1) is 0 Å². The van der Waals surface area contributed by atoms with Gasteiger partial charge in [-0.3, -0.25) is 0 Å². The van der Waals surface area contributed by atoms with Crippen LogP contribution in [-0.4, -0.2) is 27.2 Å². The molecule has 0 fully saturated rings. The maximum Gasteiger partial charge on any atom is 0.0369 e. The average Bonchev–Trinajstić information content (AvgIpc) is 2.37. The number of benzene rings is 1. The van der Waals surface area contributed by atoms with Crippen LogP contribution >= 0.6 is 0 Å². The van der Waals surface area contributed by atoms with Crippen molar-refractivity contribution in [1.82, 2.24) is 5.32 Å². The lowest BCUT2D eigenvalue weighted by Gasteiger charge is -2.21. The number of hydrogen-bond acceptors (Lipinski definition) is 2. The second-order valence-electron chi connectivity index (χ2n) is 4.78. The molecule has 1 aromatic rings. The summed E-state index contributed by atoms with van der Waals surface area (Å²) in [4.78, 5) is 2.30. The molecule has 0 bridgehead atoms. The van der Waals surface area contributed by atoms with E-state index in [4.69, 9.17) is 0 Å². The lowest BCUT2D eigenvalue weighted by Crippen LogP contribution is -2.27. The SMILES string of the molecule is CC.CNCCN(C)c1cc(C)cc(C(C)C)c1. The normalized spacial score (nSPS) is 10.0. The van der Waals surface area contributed by atoms with Gasteiger partial charge in [0.05, 0.1) is 0 Å². The molecule has 0 amide bonds. The standard InChI is InChI=1S/C14H24N2.C2H6/c1-11(2)13-8-12(3)9-14(10-13)16(5)7-6-15-4;1-2/h8-11,15H,6-7H2,1-5H3;1-2H3. The highest BCUT2D eigenvalue weighted by Gasteiger charge is 2.05. The summed E-state index contributed by atoms with van der Waals surface area (Å²) >= 11 is 0. The molecule has 1 rings (SSSR count). The Morgan fingerprint density at radius 1 is 1.17 bits per heavy atom. The van der Waals surface area contributed by atoms with E-state index < -0.39 is 0 Å². The van der Waals surface area contributed by atoms with Crippen molar-refractivity contribution in [2.24, 2.45) is 0 Å². The molecule has 0 heterocycles. The zero-order valence-corrected chi connectivity index (χ0v) is 13.2. The van der Waals surface area contributed by atoms with Crippen molar-refractivity contribution in [1.29, 1.82) is 0 Å². The number of aryl methyl sites for hydroxylation is 1. The first-order valence-electron chi connectivity index (χ1n) is 7.02. The Morgan fingerprint density at radius 3 is 2.28 bits per heavy atom. The van der Waals surface area contributed by atoms with E-state index in [-0.39, 0.29) is 0 Å². The molecule has 0 aliphatic carbocycles. The first-order chi connectivity index (χ1) is 8.54. The fourth-order valence-corrected chi connectivity index (χ4v) is 1.75. The Balaban J connectivity index is 0.00000137. The van der Waals surface area contributed by atoms with Gasteiger partial charge in [0, 0.05) is 25.8 Å². The molecular formula is C16H30N2. The number of likely N-dealkylation sites (N-methyl/N-ethyl adjacent to an activating group) is 2. The van der Waals surface area contributed by atoms with Crippen LogP contribution in [0, 0.1) is 6.92 Å². The van der Waals surface area contributed by atoms with Crippen LogP contribution < -0.4 is 10.2 Å². The summed E-state index contributed by atoms with van der Waals surface area (Å²) in [5.74, 6) is 0.594. The number of nitrogens with one attached hydrogen (secondary N) is 1. The van der Waals surface area contributed by atoms with Crippen LogP contribution in [-0.2, 0) is 0 Å². The highest BCUT2D eigenvalue weighted by Crippen LogP contribution is 2.23. The maximum atomic E-state index is 3.18. The topological polar surface area (TPSA) is 15.3 Å². The lowest BCUT2D eigenvalue weighted by atomic mass is 10.00. The van der Waals surface area contributed by atoms with Gasteiger partial charge < -0.3 is 10.2 Å². The third kappa shape index (κ3) is 5.54. The van der Waals surface area contributed by atoms with Gasteiger partial charge in [-0.25, -0.2) is 0 Å². The fourth-order valence-electron chi connectivity index (χ4n) is 1.75. The predicted octanol–water partition coefficient (Wildman–Crippen LogP) is 3.80. The molecule has 0 saturated carbocycles. The number of nitrogens with zero attached hydrogens (tertiary/aromatic N) is 1. The predicted molar refractivity (Wildman–Crippen MR) is 83.8 cm³/mol. The zero-order valence-electron chi connectivity index (χ0n) is 13.2. The van der Waals surface area contributed by atoms with Crippen molar-refractivity contribution in [3.8, 4) is 0 Å². The smallest absolute Gasteiger partial charge is 0.0369 e. The van der Waals surface area contributed by atoms with Crippen LogP contribution in [0.15, 0.2) is 18.2 Å². The van der Waals surface area contributed by atoms with Crippen LogP contribution in [0.5, 0.6) is 0 Å². The van der Waals surface area contributed by atoms with E-state index in [1.165, 1.54) is 16.8 Å². The zero-order chi connectivity index (χ0) is 14.1. The lowest BCUT2D eigenvalue weighted by molar-refractivity contribution is 0.766. The van der Waals surface area contributed by atoms with E-state index in [0.717, 1.165) is 13.1 Å². The molecule has 104 valence electrons. The summed E-state index contributed by atoms with van der Waals surface area (Å²) in [5, 5.41) is 3.18. The molecule has 0 atom stereocenters. The van der Waals surface area contributed by atoms with Crippen molar-refractivity contribution in [2.45, 2.75) is 40.5 Å². The fraction of sp³-hybridized carbons (Fsp3) is 0.625. The Bertz CT molecular complexity index is 332. The quantitative estimate of drug-likeness (QED) is 0.855. The van der Waals surface area contributed by atoms with E-state index in [1.807, 2.05) is 20.9 Å². The summed E-state index contributed by atoms with van der Waals surface area (Å²) in [6.07, 6.45) is 0. The molecule has 2 nitrogen and oxygen atoms in total. The summed E-state index contributed by atoms with van der Waals surface area (Å²) in [7, 11) is 4.14. The van der Waals surface area contributed by atoms with E-state index in [0.29, 0.717) is 5.92 Å². The molecule has 0 aliphatic rings. The molecule has 0 aromatic heterocycles. The van der Waals surface area contributed by atoms with Gasteiger partial charge in [0.2, 0.25) is 0 Å². The molecule has 0 spiro atoms. The minimum Gasteiger partial charge on any atom is -0.373 e. The monoisotopic (exact) mass is 250 g/mol. The summed E-state index contributed by atoms with van der Waals surface area (Å²) in [6, 6.07) is 6.83. The third-order valence-corrected chi connectivity index (χ3v) is 2.89. The Morgan fingerprint density at radius 2 is 1.78 bits per heavy atom. The Labute approximate surface area is 113 Å². The highest BCUT2D eigenvalue weighted by molar-refractivity contribution is 5.51. The Kier molecular flexibility index (Phi) is 8.47. The first kappa shape index (κ1) is 17.0. The van der Waals surface area contributed by atoms with E-state index in [1.54, 1.807) is 0 Å². The van der Waals surface area contributed by atoms with Gasteiger partial charge in [-0.2, -0.15) is 0 Å². The summed E-state index contributed by atoms with van der Waals surface area (Å²) < 4.78 is 0. The van der Waals surface area contributed by atoms with Gasteiger partial charge in [0.15, 0.2) is 0 Å². The van der Waals surface area contributed by atoms with Crippen molar-refractivity contribution in [2.75, 3.05) is 32.1 Å². The van der Waals surface area contributed by atoms with Crippen molar-refractivity contribution in [3.63, 3.8) is 0 Å². The minimum absolute atomic E-state index is 0.594. The van der Waals surface area contributed by atoms with Gasteiger partial charge in [0.25, 0.3) is 0 Å². The molecule has 1 aromatic carbocycles. The van der Waals surface area contributed by atoms with Crippen LogP contribution in [0.2, 0.25) is 0 Å². The molecule has 1 N–H and O–H groups in total. The molecule has 0 saturated heterocycles. The Hall–Kier alpha value is -1.02. The van der Waals surface area contributed by atoms with E-state index in [9.17, 15) is 0 Å². The second kappa shape index (κ2) is 8.98. The van der Waals surface area contributed by atoms with Gasteiger partial charge in [-0.05, 0) is 43.1 Å². The second-order valence-corrected chi connectivity index (χ2v) is 4.78. The summed E-state index contributed by atoms with van der Waals surface area (Å²) in [6.45, 7) is 12.7. The number of anilines is 1. The van der Waals surface area contributed by atoms with Gasteiger partial charge >= 0.3 is 0 Å². The van der Waals surface area contributed by atoms with Crippen LogP contribution in [0.3, 0.4) is 0 Å². The number of rotatable bonds is 5. The van der Waals surface area contributed by atoms with Crippen LogP contribution in [0.25, 0.3) is 0 Å². The molecule has 2 heteroatoms. The molecule has 0 aliphatic heterocycles. The largest absolute Gasteiger partial charge is 0.373 e. The maximum absolute atomic E-state index is 3.18. The van der Waals surface area contributed by atoms with Crippen molar-refractivity contribution in [3.05, 3.63) is 29.3 Å². The average molecular weight is 250 g/mol. The molecule has 0 unspecified atom stereocenters. The first-order valence-corrected chi connectivity index (χ1v) is 7.02. The molecular weight excluding hydrogens is 220 g/mol. The van der Waals surface area contributed by atoms with Crippen molar-refractivity contribution >= 4 is 5.69 Å². The molecule has 0 radical (unpaired) electrons. The van der Waals surface area contributed by atoms with Gasteiger partial charge in [-0.1, -0.05) is 33.8 Å². The van der Waals surface area contributed by atoms with Gasteiger partial charge in [0.1, 0.15) is 0 Å². The van der Waals surface area contributed by atoms with E-state index >= 15 is 0 Å². The van der Waals surface area contributed by atoms with E-state index in [2.05, 4.69) is 56.2 Å². The summed E-state index contributed by atoms with van der Waals surface area (Å²) in [5.41, 5.74) is 4.09. The van der Waals surface area contributed by atoms with Crippen LogP contribution in [0.1, 0.15) is 44.7 Å². The highest BCUT2D eigenvalue weighted by atomic mass is 15.1. The number of hydrogen-bond donors (Lipinski definition) is 1. The minimum atomic E-state index is 0.594.